The molecule has 3 rings (SSSR count). The topological polar surface area (TPSA) is 32.3 Å². The molecule has 4 nitrogen and oxygen atoms in total. The lowest BCUT2D eigenvalue weighted by Crippen LogP contribution is -2.47. The minimum atomic E-state index is 0.832. The van der Waals surface area contributed by atoms with Crippen LogP contribution in [0.3, 0.4) is 0 Å². The van der Waals surface area contributed by atoms with Gasteiger partial charge in [-0.15, -0.1) is 0 Å². The Morgan fingerprint density at radius 1 is 1.18 bits per heavy atom. The molecule has 0 spiro atoms. The molecule has 0 atom stereocenters. The van der Waals surface area contributed by atoms with Crippen molar-refractivity contribution in [3.8, 4) is 0 Å². The van der Waals surface area contributed by atoms with Gasteiger partial charge >= 0.3 is 0 Å². The van der Waals surface area contributed by atoms with Gasteiger partial charge in [-0.2, -0.15) is 0 Å². The number of nitrogens with zero attached hydrogens (tertiary/aromatic N) is 4. The molecule has 1 aliphatic heterocycles. The van der Waals surface area contributed by atoms with E-state index in [-0.39, 0.29) is 0 Å². The molecular weight excluding hydrogens is 280 g/mol. The number of aromatic nitrogens is 2. The number of rotatable bonds is 2. The lowest BCUT2D eigenvalue weighted by molar-refractivity contribution is 0.247. The van der Waals surface area contributed by atoms with E-state index < -0.39 is 0 Å². The highest BCUT2D eigenvalue weighted by molar-refractivity contribution is 9.10. The second-order valence-electron chi connectivity index (χ2n) is 4.85. The van der Waals surface area contributed by atoms with Crippen molar-refractivity contribution in [2.24, 2.45) is 0 Å². The number of anilines is 1. The highest BCUT2D eigenvalue weighted by Gasteiger charge is 2.31. The van der Waals surface area contributed by atoms with E-state index in [9.17, 15) is 0 Å². The molecule has 1 saturated heterocycles. The van der Waals surface area contributed by atoms with Crippen LogP contribution >= 0.6 is 15.9 Å². The van der Waals surface area contributed by atoms with E-state index in [1.807, 2.05) is 13.0 Å². The van der Waals surface area contributed by atoms with Gasteiger partial charge in [-0.1, -0.05) is 0 Å². The largest absolute Gasteiger partial charge is 0.354 e. The van der Waals surface area contributed by atoms with Crippen LogP contribution in [0.1, 0.15) is 18.7 Å². The van der Waals surface area contributed by atoms with Gasteiger partial charge in [0.1, 0.15) is 16.2 Å². The quantitative estimate of drug-likeness (QED) is 0.780. The number of piperazine rings is 1. The average Bonchev–Trinajstić information content (AvgIpc) is 3.12. The Hall–Kier alpha value is -0.680. The zero-order valence-electron chi connectivity index (χ0n) is 10.1. The van der Waals surface area contributed by atoms with Crippen LogP contribution in [-0.2, 0) is 0 Å². The molecule has 0 radical (unpaired) electrons. The van der Waals surface area contributed by atoms with Gasteiger partial charge in [0.25, 0.3) is 0 Å². The van der Waals surface area contributed by atoms with Gasteiger partial charge < -0.3 is 4.90 Å². The van der Waals surface area contributed by atoms with E-state index in [2.05, 4.69) is 35.7 Å². The first-order chi connectivity index (χ1) is 8.22. The monoisotopic (exact) mass is 296 g/mol. The van der Waals surface area contributed by atoms with Crippen LogP contribution in [0.15, 0.2) is 10.7 Å². The normalized spacial score (nSPS) is 21.9. The molecule has 1 aromatic rings. The molecule has 1 saturated carbocycles. The maximum atomic E-state index is 4.51. The summed E-state index contributed by atoms with van der Waals surface area (Å²) in [5.74, 6) is 1.89. The Morgan fingerprint density at radius 2 is 1.88 bits per heavy atom. The Morgan fingerprint density at radius 3 is 2.47 bits per heavy atom. The second-order valence-corrected chi connectivity index (χ2v) is 5.66. The molecule has 1 aromatic heterocycles. The molecule has 5 heteroatoms. The molecule has 92 valence electrons. The van der Waals surface area contributed by atoms with E-state index in [1.54, 1.807) is 0 Å². The minimum absolute atomic E-state index is 0.832. The third kappa shape index (κ3) is 2.60. The molecule has 0 unspecified atom stereocenters. The maximum Gasteiger partial charge on any atom is 0.133 e. The molecule has 0 bridgehead atoms. The summed E-state index contributed by atoms with van der Waals surface area (Å²) in [6.45, 7) is 6.45. The van der Waals surface area contributed by atoms with E-state index in [1.165, 1.54) is 25.9 Å². The number of hydrogen-bond acceptors (Lipinski definition) is 4. The molecule has 2 heterocycles. The van der Waals surface area contributed by atoms with Crippen molar-refractivity contribution in [3.63, 3.8) is 0 Å². The van der Waals surface area contributed by atoms with Crippen LogP contribution in [0, 0.1) is 6.92 Å². The highest BCUT2D eigenvalue weighted by Crippen LogP contribution is 2.28. The van der Waals surface area contributed by atoms with Crippen LogP contribution in [0.25, 0.3) is 0 Å². The van der Waals surface area contributed by atoms with E-state index in [0.717, 1.165) is 35.4 Å². The van der Waals surface area contributed by atoms with Crippen molar-refractivity contribution in [2.45, 2.75) is 25.8 Å². The average molecular weight is 297 g/mol. The summed E-state index contributed by atoms with van der Waals surface area (Å²) in [5.41, 5.74) is 0. The molecule has 17 heavy (non-hydrogen) atoms. The van der Waals surface area contributed by atoms with Crippen molar-refractivity contribution in [1.82, 2.24) is 14.9 Å². The molecular formula is C12H17BrN4. The van der Waals surface area contributed by atoms with E-state index in [4.69, 9.17) is 0 Å². The highest BCUT2D eigenvalue weighted by atomic mass is 79.9. The Balaban J connectivity index is 1.68. The summed E-state index contributed by atoms with van der Waals surface area (Å²) in [5, 5.41) is 0. The van der Waals surface area contributed by atoms with Crippen molar-refractivity contribution >= 4 is 21.7 Å². The second kappa shape index (κ2) is 4.53. The van der Waals surface area contributed by atoms with Crippen LogP contribution < -0.4 is 4.90 Å². The van der Waals surface area contributed by atoms with Crippen molar-refractivity contribution < 1.29 is 0 Å². The molecule has 2 aliphatic rings. The fraction of sp³-hybridized carbons (Fsp3) is 0.667. The zero-order chi connectivity index (χ0) is 11.8. The minimum Gasteiger partial charge on any atom is -0.354 e. The fourth-order valence-electron chi connectivity index (χ4n) is 2.43. The predicted octanol–water partition coefficient (Wildman–Crippen LogP) is 1.83. The summed E-state index contributed by atoms with van der Waals surface area (Å²) in [7, 11) is 0. The summed E-state index contributed by atoms with van der Waals surface area (Å²) in [6, 6.07) is 2.90. The Kier molecular flexibility index (Phi) is 3.04. The van der Waals surface area contributed by atoms with Gasteiger partial charge in [0.05, 0.1) is 0 Å². The van der Waals surface area contributed by atoms with Gasteiger partial charge in [0.15, 0.2) is 0 Å². The third-order valence-electron chi connectivity index (χ3n) is 3.49. The summed E-state index contributed by atoms with van der Waals surface area (Å²) in [6.07, 6.45) is 2.80. The van der Waals surface area contributed by atoms with Gasteiger partial charge in [-0.05, 0) is 35.7 Å². The van der Waals surface area contributed by atoms with E-state index >= 15 is 0 Å². The third-order valence-corrected chi connectivity index (χ3v) is 3.90. The summed E-state index contributed by atoms with van der Waals surface area (Å²) >= 11 is 3.44. The molecule has 0 N–H and O–H groups in total. The lowest BCUT2D eigenvalue weighted by Gasteiger charge is -2.35. The van der Waals surface area contributed by atoms with Gasteiger partial charge in [-0.3, -0.25) is 4.90 Å². The first-order valence-corrected chi connectivity index (χ1v) is 7.02. The number of halogens is 1. The maximum absolute atomic E-state index is 4.51. The zero-order valence-corrected chi connectivity index (χ0v) is 11.7. The summed E-state index contributed by atoms with van der Waals surface area (Å²) in [4.78, 5) is 13.7. The number of hydrogen-bond donors (Lipinski definition) is 0. The molecule has 0 aromatic carbocycles. The van der Waals surface area contributed by atoms with E-state index in [0.29, 0.717) is 0 Å². The van der Waals surface area contributed by atoms with Gasteiger partial charge in [-0.25, -0.2) is 9.97 Å². The lowest BCUT2D eigenvalue weighted by atomic mass is 10.3. The first-order valence-electron chi connectivity index (χ1n) is 6.22. The van der Waals surface area contributed by atoms with Crippen molar-refractivity contribution in [2.75, 3.05) is 31.1 Å². The van der Waals surface area contributed by atoms with Gasteiger partial charge in [0, 0.05) is 38.3 Å². The molecule has 0 amide bonds. The smallest absolute Gasteiger partial charge is 0.133 e. The van der Waals surface area contributed by atoms with Crippen molar-refractivity contribution in [1.29, 1.82) is 0 Å². The van der Waals surface area contributed by atoms with Gasteiger partial charge in [0.2, 0.25) is 0 Å². The SMILES string of the molecule is Cc1nc(Br)cc(N2CCN(C3CC3)CC2)n1. The fourth-order valence-corrected chi connectivity index (χ4v) is 2.90. The van der Waals surface area contributed by atoms with Crippen LogP contribution in [0.5, 0.6) is 0 Å². The standard InChI is InChI=1S/C12H17BrN4/c1-9-14-11(13)8-12(15-9)17-6-4-16(5-7-17)10-2-3-10/h8,10H,2-7H2,1H3. The van der Waals surface area contributed by atoms with Crippen LogP contribution in [-0.4, -0.2) is 47.1 Å². The van der Waals surface area contributed by atoms with Crippen LogP contribution in [0.4, 0.5) is 5.82 Å². The summed E-state index contributed by atoms with van der Waals surface area (Å²) < 4.78 is 0.879. The Labute approximate surface area is 110 Å². The molecule has 2 fully saturated rings. The van der Waals surface area contributed by atoms with Crippen molar-refractivity contribution in [3.05, 3.63) is 16.5 Å². The first kappa shape index (κ1) is 11.4. The molecule has 1 aliphatic carbocycles. The van der Waals surface area contributed by atoms with Crippen LogP contribution in [0.2, 0.25) is 0 Å². The predicted molar refractivity (Wildman–Crippen MR) is 71.3 cm³/mol. The Bertz CT molecular complexity index is 391. The number of aryl methyl sites for hydroxylation is 1.